The van der Waals surface area contributed by atoms with Crippen molar-refractivity contribution >= 4 is 0 Å². The van der Waals surface area contributed by atoms with Crippen molar-refractivity contribution in [1.82, 2.24) is 0 Å². The van der Waals surface area contributed by atoms with Gasteiger partial charge in [-0.1, -0.05) is 49.3 Å². The average molecular weight is 304 g/mol. The molecule has 1 aliphatic carbocycles. The van der Waals surface area contributed by atoms with Gasteiger partial charge < -0.3 is 10.2 Å². The van der Waals surface area contributed by atoms with Crippen LogP contribution in [0.15, 0.2) is 46.6 Å². The molecule has 22 heavy (non-hydrogen) atoms. The van der Waals surface area contributed by atoms with E-state index in [0.29, 0.717) is 0 Å². The van der Waals surface area contributed by atoms with Gasteiger partial charge in [0, 0.05) is 0 Å². The second kappa shape index (κ2) is 9.12. The first-order valence-corrected chi connectivity index (χ1v) is 8.38. The molecular formula is C20H32O2. The molecule has 2 N–H and O–H groups in total. The third-order valence-corrected chi connectivity index (χ3v) is 4.37. The van der Waals surface area contributed by atoms with E-state index in [1.54, 1.807) is 0 Å². The highest BCUT2D eigenvalue weighted by atomic mass is 16.3. The molecule has 2 heteroatoms. The van der Waals surface area contributed by atoms with Crippen molar-refractivity contribution in [2.45, 2.75) is 72.5 Å². The molecule has 0 radical (unpaired) electrons. The van der Waals surface area contributed by atoms with Crippen LogP contribution in [-0.4, -0.2) is 22.4 Å². The van der Waals surface area contributed by atoms with Crippen molar-refractivity contribution in [1.29, 1.82) is 0 Å². The Bertz CT molecular complexity index is 478. The summed E-state index contributed by atoms with van der Waals surface area (Å²) in [5.74, 6) is 0.205. The molecule has 2 unspecified atom stereocenters. The fourth-order valence-corrected chi connectivity index (χ4v) is 2.68. The molecular weight excluding hydrogens is 272 g/mol. The van der Waals surface area contributed by atoms with Crippen LogP contribution in [0.25, 0.3) is 0 Å². The number of aliphatic hydroxyl groups excluding tert-OH is 2. The van der Waals surface area contributed by atoms with E-state index < -0.39 is 12.2 Å². The van der Waals surface area contributed by atoms with Crippen molar-refractivity contribution in [3.8, 4) is 0 Å². The van der Waals surface area contributed by atoms with Gasteiger partial charge >= 0.3 is 0 Å². The van der Waals surface area contributed by atoms with Gasteiger partial charge in [0.05, 0.1) is 0 Å². The number of rotatable bonds is 1. The molecule has 0 saturated heterocycles. The maximum Gasteiger partial charge on any atom is 0.105 e. The van der Waals surface area contributed by atoms with Crippen molar-refractivity contribution < 1.29 is 10.2 Å². The Morgan fingerprint density at radius 3 is 2.09 bits per heavy atom. The highest BCUT2D eigenvalue weighted by Gasteiger charge is 2.23. The summed E-state index contributed by atoms with van der Waals surface area (Å²) in [5, 5.41) is 20.9. The van der Waals surface area contributed by atoms with Crippen molar-refractivity contribution in [2.24, 2.45) is 5.92 Å². The lowest BCUT2D eigenvalue weighted by Crippen LogP contribution is -2.30. The second-order valence-corrected chi connectivity index (χ2v) is 6.80. The first kappa shape index (κ1) is 18.9. The number of hydrogen-bond donors (Lipinski definition) is 2. The molecule has 0 amide bonds. The van der Waals surface area contributed by atoms with Crippen LogP contribution in [0.3, 0.4) is 0 Å². The van der Waals surface area contributed by atoms with Crippen molar-refractivity contribution in [3.05, 3.63) is 46.6 Å². The quantitative estimate of drug-likeness (QED) is 0.689. The molecule has 0 aromatic rings. The molecule has 0 bridgehead atoms. The zero-order valence-corrected chi connectivity index (χ0v) is 14.8. The van der Waals surface area contributed by atoms with Crippen LogP contribution in [0, 0.1) is 5.92 Å². The Balaban J connectivity index is 3.13. The Hall–Kier alpha value is -1.12. The number of allylic oxidation sites excluding steroid dienone is 6. The summed E-state index contributed by atoms with van der Waals surface area (Å²) >= 11 is 0. The van der Waals surface area contributed by atoms with Crippen molar-refractivity contribution in [3.63, 3.8) is 0 Å². The van der Waals surface area contributed by atoms with Crippen LogP contribution in [0.4, 0.5) is 0 Å². The average Bonchev–Trinajstić information content (AvgIpc) is 2.45. The van der Waals surface area contributed by atoms with Gasteiger partial charge in [-0.05, 0) is 63.5 Å². The molecule has 0 saturated carbocycles. The first-order chi connectivity index (χ1) is 10.3. The normalized spacial score (nSPS) is 25.8. The fourth-order valence-electron chi connectivity index (χ4n) is 2.68. The molecule has 0 spiro atoms. The van der Waals surface area contributed by atoms with Crippen LogP contribution in [0.1, 0.15) is 60.3 Å². The monoisotopic (exact) mass is 304 g/mol. The maximum absolute atomic E-state index is 10.5. The molecule has 2 atom stereocenters. The summed E-state index contributed by atoms with van der Waals surface area (Å²) in [5.41, 5.74) is 4.43. The molecule has 0 fully saturated rings. The molecule has 124 valence electrons. The van der Waals surface area contributed by atoms with Gasteiger partial charge in [0.25, 0.3) is 0 Å². The van der Waals surface area contributed by atoms with E-state index in [4.69, 9.17) is 0 Å². The minimum absolute atomic E-state index is 0.205. The molecule has 1 rings (SSSR count). The topological polar surface area (TPSA) is 40.5 Å². The second-order valence-electron chi connectivity index (χ2n) is 6.80. The smallest absolute Gasteiger partial charge is 0.105 e. The summed E-state index contributed by atoms with van der Waals surface area (Å²) in [6.07, 6.45) is 10.8. The summed E-state index contributed by atoms with van der Waals surface area (Å²) in [6, 6.07) is 0. The van der Waals surface area contributed by atoms with Gasteiger partial charge in [0.1, 0.15) is 12.2 Å². The Morgan fingerprint density at radius 2 is 1.45 bits per heavy atom. The minimum Gasteiger partial charge on any atom is -0.386 e. The first-order valence-electron chi connectivity index (χ1n) is 8.38. The summed E-state index contributed by atoms with van der Waals surface area (Å²) in [4.78, 5) is 0. The SMILES string of the molecule is CC1=CC=C(C(C)C)C(O)C(O)C(C)=CCCC(C)=CCC1. The third kappa shape index (κ3) is 5.94. The minimum atomic E-state index is -0.833. The molecule has 2 nitrogen and oxygen atoms in total. The molecule has 0 aromatic carbocycles. The van der Waals surface area contributed by atoms with Gasteiger partial charge in [0.2, 0.25) is 0 Å². The van der Waals surface area contributed by atoms with E-state index in [1.807, 2.05) is 13.0 Å². The zero-order chi connectivity index (χ0) is 16.7. The highest BCUT2D eigenvalue weighted by molar-refractivity contribution is 5.25. The zero-order valence-electron chi connectivity index (χ0n) is 14.8. The van der Waals surface area contributed by atoms with E-state index in [-0.39, 0.29) is 5.92 Å². The molecule has 0 aliphatic heterocycles. The molecule has 0 aromatic heterocycles. The van der Waals surface area contributed by atoms with Crippen LogP contribution >= 0.6 is 0 Å². The van der Waals surface area contributed by atoms with Crippen LogP contribution in [0.2, 0.25) is 0 Å². The Labute approximate surface area is 135 Å². The van der Waals surface area contributed by atoms with Gasteiger partial charge in [-0.25, -0.2) is 0 Å². The van der Waals surface area contributed by atoms with Gasteiger partial charge in [0.15, 0.2) is 0 Å². The fraction of sp³-hybridized carbons (Fsp3) is 0.600. The van der Waals surface area contributed by atoms with Crippen molar-refractivity contribution in [2.75, 3.05) is 0 Å². The number of hydrogen-bond acceptors (Lipinski definition) is 2. The van der Waals surface area contributed by atoms with Gasteiger partial charge in [-0.3, -0.25) is 0 Å². The van der Waals surface area contributed by atoms with E-state index >= 15 is 0 Å². The third-order valence-electron chi connectivity index (χ3n) is 4.37. The van der Waals surface area contributed by atoms with E-state index in [0.717, 1.165) is 36.8 Å². The predicted molar refractivity (Wildman–Crippen MR) is 94.7 cm³/mol. The van der Waals surface area contributed by atoms with E-state index in [9.17, 15) is 10.2 Å². The lowest BCUT2D eigenvalue weighted by Gasteiger charge is -2.24. The summed E-state index contributed by atoms with van der Waals surface area (Å²) in [6.45, 7) is 10.3. The Kier molecular flexibility index (Phi) is 7.84. The standard InChI is InChI=1S/C20H32O2/c1-14(2)18-13-12-16(4)9-6-8-15(3)10-7-11-17(5)19(21)20(18)22/h8,11-14,19-22H,6-7,9-10H2,1-5H3. The summed E-state index contributed by atoms with van der Waals surface area (Å²) < 4.78 is 0. The largest absolute Gasteiger partial charge is 0.386 e. The van der Waals surface area contributed by atoms with Gasteiger partial charge in [-0.15, -0.1) is 0 Å². The molecule has 1 aliphatic rings. The lowest BCUT2D eigenvalue weighted by atomic mass is 9.90. The summed E-state index contributed by atoms with van der Waals surface area (Å²) in [7, 11) is 0. The predicted octanol–water partition coefficient (Wildman–Crippen LogP) is 4.70. The van der Waals surface area contributed by atoms with Crippen LogP contribution < -0.4 is 0 Å². The van der Waals surface area contributed by atoms with Crippen LogP contribution in [0.5, 0.6) is 0 Å². The maximum atomic E-state index is 10.5. The number of aliphatic hydroxyl groups is 2. The van der Waals surface area contributed by atoms with Crippen LogP contribution in [-0.2, 0) is 0 Å². The highest BCUT2D eigenvalue weighted by Crippen LogP contribution is 2.22. The van der Waals surface area contributed by atoms with E-state index in [1.165, 1.54) is 11.1 Å². The lowest BCUT2D eigenvalue weighted by molar-refractivity contribution is 0.0603. The van der Waals surface area contributed by atoms with E-state index in [2.05, 4.69) is 45.9 Å². The molecule has 0 heterocycles. The Morgan fingerprint density at radius 1 is 0.864 bits per heavy atom. The van der Waals surface area contributed by atoms with Gasteiger partial charge in [-0.2, -0.15) is 0 Å².